The third kappa shape index (κ3) is 3.58. The Hall–Kier alpha value is -0.390. The molecule has 1 unspecified atom stereocenters. The largest absolute Gasteiger partial charge is 0.306 e. The van der Waals surface area contributed by atoms with Crippen molar-refractivity contribution in [3.05, 3.63) is 54.8 Å². The summed E-state index contributed by atoms with van der Waals surface area (Å²) in [7, 11) is 0. The Balaban J connectivity index is 2.39. The molecule has 0 saturated carbocycles. The molecule has 0 aliphatic rings. The van der Waals surface area contributed by atoms with Gasteiger partial charge in [-0.1, -0.05) is 25.1 Å². The Bertz CT molecular complexity index is 547. The molecular formula is C16H20INS. The van der Waals surface area contributed by atoms with Crippen LogP contribution >= 0.6 is 33.9 Å². The van der Waals surface area contributed by atoms with E-state index in [0.717, 1.165) is 13.0 Å². The normalized spacial score (nSPS) is 12.6. The van der Waals surface area contributed by atoms with Gasteiger partial charge in [-0.25, -0.2) is 0 Å². The van der Waals surface area contributed by atoms with E-state index in [2.05, 4.69) is 79.0 Å². The molecule has 3 heteroatoms. The first kappa shape index (κ1) is 15.0. The second-order valence-electron chi connectivity index (χ2n) is 4.81. The lowest BCUT2D eigenvalue weighted by Gasteiger charge is -2.20. The van der Waals surface area contributed by atoms with E-state index < -0.39 is 0 Å². The van der Waals surface area contributed by atoms with Crippen LogP contribution in [0.15, 0.2) is 30.3 Å². The summed E-state index contributed by atoms with van der Waals surface area (Å²) >= 11 is 4.36. The minimum Gasteiger partial charge on any atom is -0.306 e. The van der Waals surface area contributed by atoms with Gasteiger partial charge in [-0.3, -0.25) is 0 Å². The van der Waals surface area contributed by atoms with Gasteiger partial charge < -0.3 is 5.32 Å². The maximum atomic E-state index is 3.69. The second-order valence-corrected chi connectivity index (χ2v) is 7.21. The number of hydrogen-bond acceptors (Lipinski definition) is 2. The first-order valence-electron chi connectivity index (χ1n) is 6.68. The van der Waals surface area contributed by atoms with Crippen molar-refractivity contribution in [2.24, 2.45) is 0 Å². The first-order chi connectivity index (χ1) is 9.13. The molecule has 0 radical (unpaired) electrons. The predicted octanol–water partition coefficient (Wildman–Crippen LogP) is 5.06. The molecule has 0 aliphatic heterocycles. The van der Waals surface area contributed by atoms with Gasteiger partial charge in [0.25, 0.3) is 0 Å². The van der Waals surface area contributed by atoms with Crippen molar-refractivity contribution < 1.29 is 0 Å². The molecule has 0 amide bonds. The summed E-state index contributed by atoms with van der Waals surface area (Å²) in [6, 6.07) is 11.4. The fourth-order valence-electron chi connectivity index (χ4n) is 2.15. The van der Waals surface area contributed by atoms with Gasteiger partial charge in [0.05, 0.1) is 6.04 Å². The molecule has 0 spiro atoms. The SMILES string of the molecule is CCCNC(c1ccc(C)s1)c1cccc(C)c1I. The third-order valence-corrected chi connectivity index (χ3v) is 5.72. The first-order valence-corrected chi connectivity index (χ1v) is 8.57. The van der Waals surface area contributed by atoms with Crippen molar-refractivity contribution in [3.63, 3.8) is 0 Å². The van der Waals surface area contributed by atoms with Crippen molar-refractivity contribution >= 4 is 33.9 Å². The van der Waals surface area contributed by atoms with Gasteiger partial charge in [0.15, 0.2) is 0 Å². The van der Waals surface area contributed by atoms with Gasteiger partial charge >= 0.3 is 0 Å². The lowest BCUT2D eigenvalue weighted by atomic mass is 10.0. The molecule has 1 aromatic heterocycles. The van der Waals surface area contributed by atoms with Gasteiger partial charge in [0.2, 0.25) is 0 Å². The summed E-state index contributed by atoms with van der Waals surface area (Å²) < 4.78 is 1.37. The Labute approximate surface area is 133 Å². The number of halogens is 1. The van der Waals surface area contributed by atoms with Crippen LogP contribution in [-0.4, -0.2) is 6.54 Å². The Morgan fingerprint density at radius 3 is 2.63 bits per heavy atom. The molecule has 2 rings (SSSR count). The number of benzene rings is 1. The third-order valence-electron chi connectivity index (χ3n) is 3.18. The average molecular weight is 385 g/mol. The van der Waals surface area contributed by atoms with Crippen molar-refractivity contribution in [2.75, 3.05) is 6.54 Å². The van der Waals surface area contributed by atoms with E-state index in [1.165, 1.54) is 24.5 Å². The average Bonchev–Trinajstić information content (AvgIpc) is 2.81. The lowest BCUT2D eigenvalue weighted by Crippen LogP contribution is -2.23. The van der Waals surface area contributed by atoms with Crippen molar-refractivity contribution in [1.29, 1.82) is 0 Å². The molecule has 1 heterocycles. The van der Waals surface area contributed by atoms with Gasteiger partial charge in [0.1, 0.15) is 0 Å². The van der Waals surface area contributed by atoms with Crippen LogP contribution in [-0.2, 0) is 0 Å². The minimum absolute atomic E-state index is 0.324. The summed E-state index contributed by atoms with van der Waals surface area (Å²) in [6.45, 7) is 7.62. The molecule has 0 fully saturated rings. The smallest absolute Gasteiger partial charge is 0.0681 e. The quantitative estimate of drug-likeness (QED) is 0.710. The van der Waals surface area contributed by atoms with E-state index in [1.807, 2.05) is 11.3 Å². The Morgan fingerprint density at radius 1 is 1.21 bits per heavy atom. The highest BCUT2D eigenvalue weighted by Crippen LogP contribution is 2.32. The topological polar surface area (TPSA) is 12.0 Å². The fourth-order valence-corrected chi connectivity index (χ4v) is 3.80. The molecule has 102 valence electrons. The van der Waals surface area contributed by atoms with Crippen LogP contribution in [0.5, 0.6) is 0 Å². The predicted molar refractivity (Wildman–Crippen MR) is 93.1 cm³/mol. The molecule has 2 aromatic rings. The monoisotopic (exact) mass is 385 g/mol. The summed E-state index contributed by atoms with van der Waals surface area (Å²) in [5.74, 6) is 0. The molecular weight excluding hydrogens is 365 g/mol. The van der Waals surface area contributed by atoms with Gasteiger partial charge in [0, 0.05) is 13.3 Å². The van der Waals surface area contributed by atoms with Crippen molar-refractivity contribution in [3.8, 4) is 0 Å². The van der Waals surface area contributed by atoms with Crippen LogP contribution < -0.4 is 5.32 Å². The fraction of sp³-hybridized carbons (Fsp3) is 0.375. The van der Waals surface area contributed by atoms with Crippen LogP contribution in [0.25, 0.3) is 0 Å². The molecule has 0 bridgehead atoms. The summed E-state index contributed by atoms with van der Waals surface area (Å²) in [5.41, 5.74) is 2.76. The lowest BCUT2D eigenvalue weighted by molar-refractivity contribution is 0.603. The molecule has 1 atom stereocenters. The van der Waals surface area contributed by atoms with Gasteiger partial charge in [-0.2, -0.15) is 0 Å². The molecule has 19 heavy (non-hydrogen) atoms. The number of thiophene rings is 1. The zero-order chi connectivity index (χ0) is 13.8. The van der Waals surface area contributed by atoms with E-state index >= 15 is 0 Å². The van der Waals surface area contributed by atoms with E-state index in [-0.39, 0.29) is 0 Å². The van der Waals surface area contributed by atoms with Gasteiger partial charge in [-0.15, -0.1) is 11.3 Å². The number of aryl methyl sites for hydroxylation is 2. The van der Waals surface area contributed by atoms with E-state index in [9.17, 15) is 0 Å². The highest BCUT2D eigenvalue weighted by molar-refractivity contribution is 14.1. The molecule has 1 nitrogen and oxygen atoms in total. The van der Waals surface area contributed by atoms with Crippen LogP contribution in [0.2, 0.25) is 0 Å². The summed E-state index contributed by atoms with van der Waals surface area (Å²) in [5, 5.41) is 3.69. The Kier molecular flexibility index (Phi) is 5.42. The number of rotatable bonds is 5. The van der Waals surface area contributed by atoms with Crippen molar-refractivity contribution in [2.45, 2.75) is 33.2 Å². The van der Waals surface area contributed by atoms with E-state index in [4.69, 9.17) is 0 Å². The highest BCUT2D eigenvalue weighted by Gasteiger charge is 2.18. The molecule has 0 saturated heterocycles. The van der Waals surface area contributed by atoms with Gasteiger partial charge in [-0.05, 0) is 72.7 Å². The molecule has 0 aliphatic carbocycles. The maximum absolute atomic E-state index is 3.69. The summed E-state index contributed by atoms with van der Waals surface area (Å²) in [4.78, 5) is 2.79. The summed E-state index contributed by atoms with van der Waals surface area (Å²) in [6.07, 6.45) is 1.16. The zero-order valence-corrected chi connectivity index (χ0v) is 14.6. The number of hydrogen-bond donors (Lipinski definition) is 1. The number of nitrogens with one attached hydrogen (secondary N) is 1. The van der Waals surface area contributed by atoms with Crippen LogP contribution in [0, 0.1) is 17.4 Å². The van der Waals surface area contributed by atoms with Crippen LogP contribution in [0.1, 0.15) is 40.3 Å². The zero-order valence-electron chi connectivity index (χ0n) is 11.7. The Morgan fingerprint density at radius 2 is 2.00 bits per heavy atom. The maximum Gasteiger partial charge on any atom is 0.0681 e. The van der Waals surface area contributed by atoms with Crippen LogP contribution in [0.4, 0.5) is 0 Å². The minimum atomic E-state index is 0.324. The molecule has 1 N–H and O–H groups in total. The van der Waals surface area contributed by atoms with Crippen molar-refractivity contribution in [1.82, 2.24) is 5.32 Å². The standard InChI is InChI=1S/C16H20INS/c1-4-10-18-16(14-9-8-12(3)19-14)13-7-5-6-11(2)15(13)17/h5-9,16,18H,4,10H2,1-3H3. The van der Waals surface area contributed by atoms with E-state index in [1.54, 1.807) is 0 Å². The van der Waals surface area contributed by atoms with E-state index in [0.29, 0.717) is 6.04 Å². The second kappa shape index (κ2) is 6.86. The molecule has 1 aromatic carbocycles. The van der Waals surface area contributed by atoms with Crippen LogP contribution in [0.3, 0.4) is 0 Å². The highest BCUT2D eigenvalue weighted by atomic mass is 127.